The molecule has 1 unspecified atom stereocenters. The zero-order valence-electron chi connectivity index (χ0n) is 15.3. The van der Waals surface area contributed by atoms with E-state index in [0.717, 1.165) is 0 Å². The number of hydrogen-bond donors (Lipinski definition) is 1. The third-order valence-electron chi connectivity index (χ3n) is 5.43. The number of aliphatic hydroxyl groups is 1. The van der Waals surface area contributed by atoms with Crippen molar-refractivity contribution in [1.29, 1.82) is 0 Å². The topological polar surface area (TPSA) is 49.8 Å². The molecule has 4 rings (SSSR count). The summed E-state index contributed by atoms with van der Waals surface area (Å²) in [4.78, 5) is 14.2. The van der Waals surface area contributed by atoms with E-state index in [2.05, 4.69) is 38.1 Å². The zero-order valence-corrected chi connectivity index (χ0v) is 15.3. The van der Waals surface area contributed by atoms with Crippen LogP contribution in [0.2, 0.25) is 0 Å². The van der Waals surface area contributed by atoms with Gasteiger partial charge in [0.05, 0.1) is 6.10 Å². The number of carbonyl (C=O) groups is 1. The normalized spacial score (nSPS) is 21.2. The highest BCUT2D eigenvalue weighted by Crippen LogP contribution is 2.44. The van der Waals surface area contributed by atoms with Crippen LogP contribution in [0.5, 0.6) is 0 Å². The van der Waals surface area contributed by atoms with Gasteiger partial charge in [-0.05, 0) is 34.1 Å². The Balaban J connectivity index is 1.51. The molecule has 1 amide bonds. The Morgan fingerprint density at radius 3 is 2.27 bits per heavy atom. The zero-order chi connectivity index (χ0) is 18.3. The van der Waals surface area contributed by atoms with E-state index >= 15 is 0 Å². The van der Waals surface area contributed by atoms with Gasteiger partial charge in [0, 0.05) is 19.0 Å². The molecule has 4 heteroatoms. The third-order valence-corrected chi connectivity index (χ3v) is 5.43. The summed E-state index contributed by atoms with van der Waals surface area (Å²) in [7, 11) is 0. The fourth-order valence-electron chi connectivity index (χ4n) is 4.43. The molecule has 136 valence electrons. The molecule has 4 nitrogen and oxygen atoms in total. The number of fused-ring (bicyclic) bond motifs is 3. The molecule has 1 N–H and O–H groups in total. The lowest BCUT2D eigenvalue weighted by Gasteiger charge is -2.40. The second-order valence-corrected chi connectivity index (χ2v) is 8.21. The van der Waals surface area contributed by atoms with Crippen LogP contribution in [0.1, 0.15) is 37.3 Å². The van der Waals surface area contributed by atoms with Gasteiger partial charge < -0.3 is 14.7 Å². The average Bonchev–Trinajstić information content (AvgIpc) is 2.92. The molecule has 1 heterocycles. The molecule has 1 fully saturated rings. The van der Waals surface area contributed by atoms with E-state index in [9.17, 15) is 9.90 Å². The van der Waals surface area contributed by atoms with Crippen molar-refractivity contribution in [3.8, 4) is 11.1 Å². The van der Waals surface area contributed by atoms with Gasteiger partial charge in [-0.15, -0.1) is 0 Å². The molecule has 0 bridgehead atoms. The summed E-state index contributed by atoms with van der Waals surface area (Å²) in [6, 6.07) is 16.6. The SMILES string of the molecule is CC1(C)CC(O)CN(C(=O)OCC2c3ccccc3-c3ccccc32)C1. The van der Waals surface area contributed by atoms with Crippen LogP contribution in [-0.2, 0) is 4.74 Å². The Morgan fingerprint density at radius 2 is 1.69 bits per heavy atom. The van der Waals surface area contributed by atoms with Gasteiger partial charge in [-0.25, -0.2) is 4.79 Å². The summed E-state index contributed by atoms with van der Waals surface area (Å²) < 4.78 is 5.70. The second kappa shape index (κ2) is 6.44. The molecule has 2 aromatic carbocycles. The van der Waals surface area contributed by atoms with Crippen LogP contribution >= 0.6 is 0 Å². The van der Waals surface area contributed by atoms with Crippen LogP contribution in [0.3, 0.4) is 0 Å². The summed E-state index contributed by atoms with van der Waals surface area (Å²) in [6.45, 7) is 5.42. The molecule has 2 aliphatic rings. The minimum Gasteiger partial charge on any atom is -0.448 e. The fraction of sp³-hybridized carbons (Fsp3) is 0.409. The summed E-state index contributed by atoms with van der Waals surface area (Å²) >= 11 is 0. The fourth-order valence-corrected chi connectivity index (χ4v) is 4.43. The number of piperidine rings is 1. The highest BCUT2D eigenvalue weighted by Gasteiger charge is 2.35. The quantitative estimate of drug-likeness (QED) is 0.889. The number of hydrogen-bond acceptors (Lipinski definition) is 3. The Morgan fingerprint density at radius 1 is 1.12 bits per heavy atom. The van der Waals surface area contributed by atoms with Crippen LogP contribution < -0.4 is 0 Å². The van der Waals surface area contributed by atoms with E-state index in [1.54, 1.807) is 4.90 Å². The highest BCUT2D eigenvalue weighted by molar-refractivity contribution is 5.79. The molecule has 0 aromatic heterocycles. The van der Waals surface area contributed by atoms with E-state index in [4.69, 9.17) is 4.74 Å². The Hall–Kier alpha value is -2.33. The number of nitrogens with zero attached hydrogens (tertiary/aromatic N) is 1. The van der Waals surface area contributed by atoms with Gasteiger partial charge in [0.1, 0.15) is 6.61 Å². The van der Waals surface area contributed by atoms with Crippen LogP contribution in [0.25, 0.3) is 11.1 Å². The smallest absolute Gasteiger partial charge is 0.409 e. The van der Waals surface area contributed by atoms with Crippen LogP contribution in [0.4, 0.5) is 4.79 Å². The first-order chi connectivity index (χ1) is 12.4. The van der Waals surface area contributed by atoms with Crippen molar-refractivity contribution in [3.63, 3.8) is 0 Å². The standard InChI is InChI=1S/C22H25NO3/c1-22(2)11-15(24)12-23(14-22)21(25)26-13-20-18-9-5-3-7-16(18)17-8-4-6-10-19(17)20/h3-10,15,20,24H,11-14H2,1-2H3. The number of ether oxygens (including phenoxy) is 1. The number of aliphatic hydroxyl groups excluding tert-OH is 1. The number of β-amino-alcohol motifs (C(OH)–C–C–N with tert-alkyl or cyclic N) is 1. The van der Waals surface area contributed by atoms with Crippen LogP contribution in [-0.4, -0.2) is 41.9 Å². The highest BCUT2D eigenvalue weighted by atomic mass is 16.6. The molecule has 0 radical (unpaired) electrons. The van der Waals surface area contributed by atoms with Crippen LogP contribution in [0, 0.1) is 5.41 Å². The second-order valence-electron chi connectivity index (χ2n) is 8.21. The van der Waals surface area contributed by atoms with Crippen molar-refractivity contribution in [1.82, 2.24) is 4.90 Å². The molecule has 0 spiro atoms. The maximum atomic E-state index is 12.6. The lowest BCUT2D eigenvalue weighted by Crippen LogP contribution is -2.49. The number of carbonyl (C=O) groups excluding carboxylic acids is 1. The van der Waals surface area contributed by atoms with Crippen molar-refractivity contribution in [2.24, 2.45) is 5.41 Å². The van der Waals surface area contributed by atoms with Gasteiger partial charge in [-0.2, -0.15) is 0 Å². The number of likely N-dealkylation sites (tertiary alicyclic amines) is 1. The first kappa shape index (κ1) is 17.1. The first-order valence-corrected chi connectivity index (χ1v) is 9.23. The van der Waals surface area contributed by atoms with Gasteiger partial charge >= 0.3 is 6.09 Å². The predicted molar refractivity (Wildman–Crippen MR) is 101 cm³/mol. The molecular formula is C22H25NO3. The van der Waals surface area contributed by atoms with Crippen molar-refractivity contribution in [2.75, 3.05) is 19.7 Å². The summed E-state index contributed by atoms with van der Waals surface area (Å²) in [5.74, 6) is 0.0640. The van der Waals surface area contributed by atoms with Crippen molar-refractivity contribution < 1.29 is 14.6 Å². The molecule has 1 atom stereocenters. The average molecular weight is 351 g/mol. The number of amides is 1. The number of benzene rings is 2. The van der Waals surface area contributed by atoms with Gasteiger partial charge in [-0.3, -0.25) is 0 Å². The molecule has 2 aromatic rings. The molecule has 0 saturated carbocycles. The van der Waals surface area contributed by atoms with Crippen molar-refractivity contribution >= 4 is 6.09 Å². The summed E-state index contributed by atoms with van der Waals surface area (Å²) in [6.07, 6.45) is -0.113. The maximum Gasteiger partial charge on any atom is 0.409 e. The van der Waals surface area contributed by atoms with Gasteiger partial charge in [0.2, 0.25) is 0 Å². The summed E-state index contributed by atoms with van der Waals surface area (Å²) in [5.41, 5.74) is 4.77. The monoisotopic (exact) mass is 351 g/mol. The van der Waals surface area contributed by atoms with E-state index in [1.807, 2.05) is 24.3 Å². The van der Waals surface area contributed by atoms with Gasteiger partial charge in [0.15, 0.2) is 0 Å². The lowest BCUT2D eigenvalue weighted by molar-refractivity contribution is 0.00175. The number of rotatable bonds is 2. The minimum atomic E-state index is -0.487. The molecule has 1 aliphatic heterocycles. The van der Waals surface area contributed by atoms with Gasteiger partial charge in [0.25, 0.3) is 0 Å². The first-order valence-electron chi connectivity index (χ1n) is 9.23. The van der Waals surface area contributed by atoms with E-state index in [-0.39, 0.29) is 17.4 Å². The molecule has 26 heavy (non-hydrogen) atoms. The Kier molecular flexibility index (Phi) is 4.23. The van der Waals surface area contributed by atoms with Crippen molar-refractivity contribution in [2.45, 2.75) is 32.3 Å². The molecular weight excluding hydrogens is 326 g/mol. The molecule has 1 saturated heterocycles. The van der Waals surface area contributed by atoms with E-state index in [1.165, 1.54) is 22.3 Å². The Labute approximate surface area is 154 Å². The van der Waals surface area contributed by atoms with E-state index in [0.29, 0.717) is 26.1 Å². The van der Waals surface area contributed by atoms with Crippen molar-refractivity contribution in [3.05, 3.63) is 59.7 Å². The Bertz CT molecular complexity index is 784. The lowest BCUT2D eigenvalue weighted by atomic mass is 9.83. The maximum absolute atomic E-state index is 12.6. The van der Waals surface area contributed by atoms with E-state index < -0.39 is 6.10 Å². The molecule has 1 aliphatic carbocycles. The predicted octanol–water partition coefficient (Wildman–Crippen LogP) is 4.03. The minimum absolute atomic E-state index is 0.0640. The largest absolute Gasteiger partial charge is 0.448 e. The van der Waals surface area contributed by atoms with Gasteiger partial charge in [-0.1, -0.05) is 62.4 Å². The van der Waals surface area contributed by atoms with Crippen LogP contribution in [0.15, 0.2) is 48.5 Å². The third kappa shape index (κ3) is 3.10. The summed E-state index contributed by atoms with van der Waals surface area (Å²) in [5, 5.41) is 10.1.